The Morgan fingerprint density at radius 3 is 2.59 bits per heavy atom. The average Bonchev–Trinajstić information content (AvgIpc) is 3.02. The fourth-order valence-electron chi connectivity index (χ4n) is 3.12. The Hall–Kier alpha value is -2.17. The molecule has 1 aliphatic rings. The molecule has 5 heteroatoms. The minimum Gasteiger partial charge on any atom is -0.326 e. The van der Waals surface area contributed by atoms with Crippen LogP contribution in [0, 0.1) is 5.82 Å². The van der Waals surface area contributed by atoms with E-state index in [4.69, 9.17) is 0 Å². The van der Waals surface area contributed by atoms with Crippen LogP contribution in [0.2, 0.25) is 0 Å². The fourth-order valence-corrected chi connectivity index (χ4v) is 3.12. The molecule has 2 aromatic rings. The lowest BCUT2D eigenvalue weighted by Crippen LogP contribution is -2.30. The van der Waals surface area contributed by atoms with Gasteiger partial charge in [-0.3, -0.25) is 9.89 Å². The summed E-state index contributed by atoms with van der Waals surface area (Å²) in [7, 11) is 0. The van der Waals surface area contributed by atoms with Gasteiger partial charge in [0.25, 0.3) is 5.91 Å². The summed E-state index contributed by atoms with van der Waals surface area (Å²) >= 11 is 0. The molecular weight excluding hydrogens is 281 g/mol. The average molecular weight is 301 g/mol. The number of rotatable bonds is 4. The number of amides is 1. The third-order valence-electron chi connectivity index (χ3n) is 4.11. The van der Waals surface area contributed by atoms with Crippen molar-refractivity contribution in [3.05, 3.63) is 52.6 Å². The van der Waals surface area contributed by atoms with Gasteiger partial charge in [-0.1, -0.05) is 32.9 Å². The van der Waals surface area contributed by atoms with E-state index in [2.05, 4.69) is 24.0 Å². The quantitative estimate of drug-likeness (QED) is 0.937. The number of halogens is 1. The van der Waals surface area contributed by atoms with Crippen LogP contribution in [0.3, 0.4) is 0 Å². The molecule has 0 saturated carbocycles. The van der Waals surface area contributed by atoms with Crippen molar-refractivity contribution in [2.45, 2.75) is 39.2 Å². The van der Waals surface area contributed by atoms with E-state index in [0.717, 1.165) is 23.2 Å². The molecule has 22 heavy (non-hydrogen) atoms. The van der Waals surface area contributed by atoms with E-state index in [0.29, 0.717) is 12.2 Å². The van der Waals surface area contributed by atoms with Gasteiger partial charge in [-0.05, 0) is 30.0 Å². The van der Waals surface area contributed by atoms with E-state index in [1.807, 2.05) is 11.8 Å². The van der Waals surface area contributed by atoms with Gasteiger partial charge < -0.3 is 4.90 Å². The van der Waals surface area contributed by atoms with Gasteiger partial charge in [-0.2, -0.15) is 5.10 Å². The molecule has 3 rings (SSSR count). The lowest BCUT2D eigenvalue weighted by molar-refractivity contribution is 0.0743. The Labute approximate surface area is 129 Å². The van der Waals surface area contributed by atoms with Crippen LogP contribution in [0.15, 0.2) is 24.3 Å². The summed E-state index contributed by atoms with van der Waals surface area (Å²) in [5, 5.41) is 7.24. The van der Waals surface area contributed by atoms with Crippen LogP contribution in [-0.2, 0) is 0 Å². The van der Waals surface area contributed by atoms with Crippen molar-refractivity contribution in [3.8, 4) is 0 Å². The van der Waals surface area contributed by atoms with Gasteiger partial charge in [-0.25, -0.2) is 4.39 Å². The van der Waals surface area contributed by atoms with E-state index in [9.17, 15) is 9.18 Å². The molecule has 2 heterocycles. The van der Waals surface area contributed by atoms with Crippen LogP contribution < -0.4 is 0 Å². The molecule has 0 saturated heterocycles. The van der Waals surface area contributed by atoms with E-state index >= 15 is 0 Å². The minimum atomic E-state index is -0.272. The molecule has 1 N–H and O–H groups in total. The van der Waals surface area contributed by atoms with Gasteiger partial charge in [0, 0.05) is 17.8 Å². The van der Waals surface area contributed by atoms with Crippen LogP contribution in [0.25, 0.3) is 0 Å². The van der Waals surface area contributed by atoms with E-state index in [1.54, 1.807) is 12.1 Å². The molecule has 116 valence electrons. The highest BCUT2D eigenvalue weighted by atomic mass is 19.1. The molecule has 0 bridgehead atoms. The van der Waals surface area contributed by atoms with Gasteiger partial charge in [-0.15, -0.1) is 0 Å². The first kappa shape index (κ1) is 14.8. The number of fused-ring (bicyclic) bond motifs is 1. The Bertz CT molecular complexity index is 690. The molecule has 1 aromatic heterocycles. The Balaban J connectivity index is 2.14. The van der Waals surface area contributed by atoms with Gasteiger partial charge in [0.2, 0.25) is 0 Å². The number of nitrogens with zero attached hydrogens (tertiary/aromatic N) is 2. The topological polar surface area (TPSA) is 49.0 Å². The molecule has 4 nitrogen and oxygen atoms in total. The van der Waals surface area contributed by atoms with Crippen molar-refractivity contribution in [1.82, 2.24) is 15.1 Å². The third kappa shape index (κ3) is 2.21. The van der Waals surface area contributed by atoms with Crippen molar-refractivity contribution in [3.63, 3.8) is 0 Å². The largest absolute Gasteiger partial charge is 0.326 e. The van der Waals surface area contributed by atoms with Crippen molar-refractivity contribution < 1.29 is 9.18 Å². The Morgan fingerprint density at radius 2 is 2.00 bits per heavy atom. The fraction of sp³-hybridized carbons (Fsp3) is 0.412. The number of aromatic amines is 1. The lowest BCUT2D eigenvalue weighted by atomic mass is 9.95. The van der Waals surface area contributed by atoms with Crippen molar-refractivity contribution >= 4 is 5.91 Å². The minimum absolute atomic E-state index is 0.0469. The molecule has 0 spiro atoms. The third-order valence-corrected chi connectivity index (χ3v) is 4.11. The number of H-pyrrole nitrogens is 1. The first-order chi connectivity index (χ1) is 10.5. The predicted molar refractivity (Wildman–Crippen MR) is 82.2 cm³/mol. The summed E-state index contributed by atoms with van der Waals surface area (Å²) in [6.45, 7) is 6.85. The number of hydrogen-bond donors (Lipinski definition) is 1. The monoisotopic (exact) mass is 301 g/mol. The zero-order chi connectivity index (χ0) is 15.9. The summed E-state index contributed by atoms with van der Waals surface area (Å²) < 4.78 is 13.2. The van der Waals surface area contributed by atoms with Gasteiger partial charge in [0.1, 0.15) is 5.82 Å². The van der Waals surface area contributed by atoms with Crippen LogP contribution in [0.5, 0.6) is 0 Å². The number of carbonyl (C=O) groups excluding carboxylic acids is 1. The Kier molecular flexibility index (Phi) is 3.72. The van der Waals surface area contributed by atoms with E-state index in [1.165, 1.54) is 12.1 Å². The molecule has 1 atom stereocenters. The summed E-state index contributed by atoms with van der Waals surface area (Å²) in [4.78, 5) is 14.5. The maximum Gasteiger partial charge on any atom is 0.275 e. The number of carbonyl (C=O) groups is 1. The number of benzene rings is 1. The second kappa shape index (κ2) is 5.55. The van der Waals surface area contributed by atoms with Gasteiger partial charge >= 0.3 is 0 Å². The second-order valence-electron chi connectivity index (χ2n) is 6.01. The zero-order valence-corrected chi connectivity index (χ0v) is 13.1. The van der Waals surface area contributed by atoms with Crippen LogP contribution >= 0.6 is 0 Å². The van der Waals surface area contributed by atoms with Gasteiger partial charge in [0.15, 0.2) is 5.69 Å². The highest BCUT2D eigenvalue weighted by Crippen LogP contribution is 2.41. The molecular formula is C17H20FN3O. The number of hydrogen-bond acceptors (Lipinski definition) is 2. The second-order valence-corrected chi connectivity index (χ2v) is 6.01. The summed E-state index contributed by atoms with van der Waals surface area (Å²) in [6.07, 6.45) is 0.869. The molecule has 1 unspecified atom stereocenters. The highest BCUT2D eigenvalue weighted by molar-refractivity contribution is 5.98. The first-order valence-electron chi connectivity index (χ1n) is 7.69. The van der Waals surface area contributed by atoms with E-state index in [-0.39, 0.29) is 23.7 Å². The Morgan fingerprint density at radius 1 is 1.32 bits per heavy atom. The SMILES string of the molecule is CCCN1C(=O)c2n[nH]c(C(C)C)c2C1c1ccc(F)cc1. The van der Waals surface area contributed by atoms with Crippen LogP contribution in [0.1, 0.15) is 66.5 Å². The maximum atomic E-state index is 13.2. The van der Waals surface area contributed by atoms with Crippen LogP contribution in [-0.4, -0.2) is 27.5 Å². The number of nitrogens with one attached hydrogen (secondary N) is 1. The van der Waals surface area contributed by atoms with Crippen molar-refractivity contribution in [2.75, 3.05) is 6.54 Å². The number of aromatic nitrogens is 2. The van der Waals surface area contributed by atoms with Gasteiger partial charge in [0.05, 0.1) is 6.04 Å². The maximum absolute atomic E-state index is 13.2. The molecule has 1 aliphatic heterocycles. The highest BCUT2D eigenvalue weighted by Gasteiger charge is 2.41. The summed E-state index contributed by atoms with van der Waals surface area (Å²) in [5.41, 5.74) is 3.35. The zero-order valence-electron chi connectivity index (χ0n) is 13.1. The first-order valence-corrected chi connectivity index (χ1v) is 7.69. The molecule has 1 amide bonds. The lowest BCUT2D eigenvalue weighted by Gasteiger charge is -2.26. The molecule has 0 aliphatic carbocycles. The normalized spacial score (nSPS) is 17.4. The van der Waals surface area contributed by atoms with E-state index < -0.39 is 0 Å². The smallest absolute Gasteiger partial charge is 0.275 e. The predicted octanol–water partition coefficient (Wildman–Crippen LogP) is 3.63. The van der Waals surface area contributed by atoms with Crippen LogP contribution in [0.4, 0.5) is 4.39 Å². The van der Waals surface area contributed by atoms with Crippen molar-refractivity contribution in [1.29, 1.82) is 0 Å². The summed E-state index contributed by atoms with van der Waals surface area (Å²) in [5.74, 6) is -0.0745. The molecule has 1 aromatic carbocycles. The molecule has 0 fully saturated rings. The standard InChI is InChI=1S/C17H20FN3O/c1-4-9-21-16(11-5-7-12(18)8-6-11)13-14(10(2)3)19-20-15(13)17(21)22/h5-8,10,16H,4,9H2,1-3H3,(H,19,20). The van der Waals surface area contributed by atoms with Crippen molar-refractivity contribution in [2.24, 2.45) is 0 Å². The summed E-state index contributed by atoms with van der Waals surface area (Å²) in [6, 6.07) is 6.21. The molecule has 0 radical (unpaired) electrons.